The Balaban J connectivity index is 1.96. The molecule has 2 aromatic rings. The minimum absolute atomic E-state index is 0.111. The SMILES string of the molecule is C[C@H]1C[C@@](c2cc(CC(=O)c3ccc(C#N)cn3)ccc2F)(C(F)F)N=C(N)O1. The van der Waals surface area contributed by atoms with Crippen molar-refractivity contribution < 1.29 is 22.7 Å². The Hall–Kier alpha value is -3.41. The minimum atomic E-state index is -3.03. The fourth-order valence-electron chi connectivity index (χ4n) is 3.30. The number of aromatic nitrogens is 1. The summed E-state index contributed by atoms with van der Waals surface area (Å²) in [6.45, 7) is 1.54. The molecule has 29 heavy (non-hydrogen) atoms. The highest BCUT2D eigenvalue weighted by atomic mass is 19.3. The van der Waals surface area contributed by atoms with Gasteiger partial charge in [0.25, 0.3) is 12.4 Å². The van der Waals surface area contributed by atoms with E-state index in [9.17, 15) is 18.0 Å². The summed E-state index contributed by atoms with van der Waals surface area (Å²) >= 11 is 0. The van der Waals surface area contributed by atoms with Crippen LogP contribution in [0.5, 0.6) is 0 Å². The number of aliphatic imine (C=N–C) groups is 1. The molecule has 0 aliphatic carbocycles. The molecule has 1 aromatic carbocycles. The lowest BCUT2D eigenvalue weighted by molar-refractivity contribution is 0.00520. The fraction of sp³-hybridized carbons (Fsp3) is 0.300. The summed E-state index contributed by atoms with van der Waals surface area (Å²) in [4.78, 5) is 20.1. The van der Waals surface area contributed by atoms with Gasteiger partial charge in [0, 0.05) is 24.6 Å². The van der Waals surface area contributed by atoms with Crippen LogP contribution in [0.3, 0.4) is 0 Å². The molecule has 1 aliphatic heterocycles. The average Bonchev–Trinajstić information content (AvgIpc) is 2.68. The summed E-state index contributed by atoms with van der Waals surface area (Å²) in [5.41, 5.74) is 3.73. The smallest absolute Gasteiger partial charge is 0.283 e. The van der Waals surface area contributed by atoms with E-state index in [1.165, 1.54) is 30.5 Å². The van der Waals surface area contributed by atoms with Crippen molar-refractivity contribution in [2.45, 2.75) is 37.8 Å². The fourth-order valence-corrected chi connectivity index (χ4v) is 3.30. The molecule has 0 bridgehead atoms. The monoisotopic (exact) mass is 402 g/mol. The molecule has 150 valence electrons. The van der Waals surface area contributed by atoms with Gasteiger partial charge in [-0.15, -0.1) is 0 Å². The Morgan fingerprint density at radius 1 is 1.41 bits per heavy atom. The normalized spacial score (nSPS) is 21.2. The maximum absolute atomic E-state index is 14.5. The molecule has 0 saturated heterocycles. The number of carbonyl (C=O) groups excluding carboxylic acids is 1. The number of nitrogens with two attached hydrogens (primary N) is 1. The number of hydrogen-bond donors (Lipinski definition) is 1. The van der Waals surface area contributed by atoms with Crippen molar-refractivity contribution >= 4 is 11.8 Å². The van der Waals surface area contributed by atoms with Gasteiger partial charge in [-0.2, -0.15) is 5.26 Å². The number of nitriles is 1. The van der Waals surface area contributed by atoms with Crippen molar-refractivity contribution in [3.05, 3.63) is 64.7 Å². The number of nitrogens with zero attached hydrogens (tertiary/aromatic N) is 3. The van der Waals surface area contributed by atoms with Gasteiger partial charge in [-0.1, -0.05) is 6.07 Å². The maximum atomic E-state index is 14.5. The molecule has 0 unspecified atom stereocenters. The molecule has 3 rings (SSSR count). The lowest BCUT2D eigenvalue weighted by Crippen LogP contribution is -2.44. The van der Waals surface area contributed by atoms with Crippen LogP contribution in [0.1, 0.15) is 40.5 Å². The van der Waals surface area contributed by atoms with Crippen molar-refractivity contribution in [1.29, 1.82) is 5.26 Å². The third-order valence-electron chi connectivity index (χ3n) is 4.63. The standard InChI is InChI=1S/C20H17F3N4O2/c1-11-8-20(18(22)23,27-19(25)29-11)14-6-12(2-4-15(14)21)7-17(28)16-5-3-13(9-24)10-26-16/h2-6,10-11,18H,7-8H2,1H3,(H2,25,27)/t11-,20+/m0/s1. The lowest BCUT2D eigenvalue weighted by Gasteiger charge is -2.36. The first kappa shape index (κ1) is 20.3. The Bertz CT molecular complexity index is 1000. The highest BCUT2D eigenvalue weighted by molar-refractivity contribution is 5.95. The number of ether oxygens (including phenoxy) is 1. The largest absolute Gasteiger partial charge is 0.462 e. The molecule has 6 nitrogen and oxygen atoms in total. The Morgan fingerprint density at radius 2 is 2.17 bits per heavy atom. The molecule has 0 spiro atoms. The van der Waals surface area contributed by atoms with Crippen LogP contribution in [0.2, 0.25) is 0 Å². The van der Waals surface area contributed by atoms with E-state index in [0.29, 0.717) is 11.1 Å². The zero-order valence-electron chi connectivity index (χ0n) is 15.4. The van der Waals surface area contributed by atoms with E-state index < -0.39 is 35.7 Å². The summed E-state index contributed by atoms with van der Waals surface area (Å²) in [7, 11) is 0. The van der Waals surface area contributed by atoms with Crippen LogP contribution >= 0.6 is 0 Å². The van der Waals surface area contributed by atoms with Gasteiger partial charge in [-0.3, -0.25) is 9.78 Å². The minimum Gasteiger partial charge on any atom is -0.462 e. The Labute approximate surface area is 164 Å². The van der Waals surface area contributed by atoms with E-state index in [-0.39, 0.29) is 24.1 Å². The quantitative estimate of drug-likeness (QED) is 0.775. The van der Waals surface area contributed by atoms with Gasteiger partial charge < -0.3 is 10.5 Å². The first-order chi connectivity index (χ1) is 13.7. The van der Waals surface area contributed by atoms with Gasteiger partial charge in [0.15, 0.2) is 11.3 Å². The number of benzene rings is 1. The highest BCUT2D eigenvalue weighted by Gasteiger charge is 2.48. The van der Waals surface area contributed by atoms with E-state index >= 15 is 0 Å². The van der Waals surface area contributed by atoms with Crippen molar-refractivity contribution in [1.82, 2.24) is 4.98 Å². The molecule has 2 N–H and O–H groups in total. The number of hydrogen-bond acceptors (Lipinski definition) is 6. The number of amidine groups is 1. The third kappa shape index (κ3) is 4.06. The molecule has 1 aromatic heterocycles. The molecule has 0 radical (unpaired) electrons. The predicted octanol–water partition coefficient (Wildman–Crippen LogP) is 3.10. The van der Waals surface area contributed by atoms with Crippen LogP contribution in [-0.4, -0.2) is 29.3 Å². The van der Waals surface area contributed by atoms with E-state index in [4.69, 9.17) is 15.7 Å². The van der Waals surface area contributed by atoms with E-state index in [1.807, 2.05) is 6.07 Å². The van der Waals surface area contributed by atoms with Crippen LogP contribution in [0.15, 0.2) is 41.5 Å². The number of carbonyl (C=O) groups is 1. The number of pyridine rings is 1. The van der Waals surface area contributed by atoms with Crippen LogP contribution < -0.4 is 5.73 Å². The molecule has 2 heterocycles. The summed E-state index contributed by atoms with van der Waals surface area (Å²) in [6.07, 6.45) is -2.91. The molecular weight excluding hydrogens is 385 g/mol. The second kappa shape index (κ2) is 7.91. The summed E-state index contributed by atoms with van der Waals surface area (Å²) < 4.78 is 47.7. The molecule has 1 aliphatic rings. The highest BCUT2D eigenvalue weighted by Crippen LogP contribution is 2.41. The molecule has 0 saturated carbocycles. The van der Waals surface area contributed by atoms with Crippen LogP contribution in [0.25, 0.3) is 0 Å². The molecular formula is C20H17F3N4O2. The molecule has 0 amide bonds. The van der Waals surface area contributed by atoms with E-state index in [1.54, 1.807) is 6.92 Å². The van der Waals surface area contributed by atoms with Crippen LogP contribution in [0, 0.1) is 17.1 Å². The number of alkyl halides is 2. The summed E-state index contributed by atoms with van der Waals surface area (Å²) in [6, 6.07) is 7.88. The number of halogens is 3. The second-order valence-electron chi connectivity index (χ2n) is 6.77. The summed E-state index contributed by atoms with van der Waals surface area (Å²) in [5, 5.41) is 8.79. The van der Waals surface area contributed by atoms with E-state index in [0.717, 1.165) is 6.07 Å². The van der Waals surface area contributed by atoms with E-state index in [2.05, 4.69) is 9.98 Å². The van der Waals surface area contributed by atoms with Gasteiger partial charge in [-0.05, 0) is 36.8 Å². The van der Waals surface area contributed by atoms with Crippen molar-refractivity contribution in [3.63, 3.8) is 0 Å². The Kier molecular flexibility index (Phi) is 5.55. The summed E-state index contributed by atoms with van der Waals surface area (Å²) in [5.74, 6) is -1.27. The molecule has 9 heteroatoms. The van der Waals surface area contributed by atoms with Crippen LogP contribution in [-0.2, 0) is 16.7 Å². The van der Waals surface area contributed by atoms with Gasteiger partial charge in [0.05, 0.1) is 5.56 Å². The Morgan fingerprint density at radius 3 is 2.76 bits per heavy atom. The third-order valence-corrected chi connectivity index (χ3v) is 4.63. The molecule has 2 atom stereocenters. The van der Waals surface area contributed by atoms with Gasteiger partial charge >= 0.3 is 0 Å². The zero-order valence-corrected chi connectivity index (χ0v) is 15.4. The van der Waals surface area contributed by atoms with Crippen LogP contribution in [0.4, 0.5) is 13.2 Å². The molecule has 0 fully saturated rings. The predicted molar refractivity (Wildman–Crippen MR) is 97.9 cm³/mol. The topological polar surface area (TPSA) is 101 Å². The second-order valence-corrected chi connectivity index (χ2v) is 6.77. The van der Waals surface area contributed by atoms with Gasteiger partial charge in [0.2, 0.25) is 0 Å². The van der Waals surface area contributed by atoms with Crippen molar-refractivity contribution in [2.24, 2.45) is 10.7 Å². The van der Waals surface area contributed by atoms with Crippen molar-refractivity contribution in [2.75, 3.05) is 0 Å². The number of ketones is 1. The number of rotatable bonds is 5. The average molecular weight is 402 g/mol. The first-order valence-electron chi connectivity index (χ1n) is 8.73. The number of Topliss-reactive ketones (excluding diaryl/α,β-unsaturated/α-hetero) is 1. The zero-order chi connectivity index (χ0) is 21.2. The first-order valence-corrected chi connectivity index (χ1v) is 8.73. The van der Waals surface area contributed by atoms with Gasteiger partial charge in [-0.25, -0.2) is 18.2 Å². The lowest BCUT2D eigenvalue weighted by atomic mass is 9.83. The maximum Gasteiger partial charge on any atom is 0.283 e. The van der Waals surface area contributed by atoms with Crippen molar-refractivity contribution in [3.8, 4) is 6.07 Å². The van der Waals surface area contributed by atoms with Gasteiger partial charge in [0.1, 0.15) is 23.7 Å².